The van der Waals surface area contributed by atoms with E-state index >= 15 is 0 Å². The highest BCUT2D eigenvalue weighted by atomic mass is 16.3. The molecule has 2 atom stereocenters. The van der Waals surface area contributed by atoms with Crippen LogP contribution in [0.4, 0.5) is 0 Å². The largest absolute Gasteiger partial charge is 0.391 e. The molecular weight excluding hydrogens is 278 g/mol. The highest BCUT2D eigenvalue weighted by Crippen LogP contribution is 2.19. The fourth-order valence-electron chi connectivity index (χ4n) is 2.82. The zero-order valence-corrected chi connectivity index (χ0v) is 13.6. The Bertz CT molecular complexity index is 567. The summed E-state index contributed by atoms with van der Waals surface area (Å²) in [5, 5.41) is 9.86. The summed E-state index contributed by atoms with van der Waals surface area (Å²) in [7, 11) is 0. The molecule has 4 heteroatoms. The molecule has 0 aromatic heterocycles. The Labute approximate surface area is 132 Å². The zero-order valence-electron chi connectivity index (χ0n) is 13.6. The maximum atomic E-state index is 12.3. The van der Waals surface area contributed by atoms with Gasteiger partial charge in [-0.05, 0) is 37.8 Å². The van der Waals surface area contributed by atoms with Gasteiger partial charge < -0.3 is 10.0 Å². The first-order chi connectivity index (χ1) is 10.4. The highest BCUT2D eigenvalue weighted by Gasteiger charge is 2.27. The summed E-state index contributed by atoms with van der Waals surface area (Å²) >= 11 is 0. The molecule has 0 saturated carbocycles. The normalized spacial score (nSPS) is 21.7. The predicted molar refractivity (Wildman–Crippen MR) is 85.8 cm³/mol. The third-order valence-corrected chi connectivity index (χ3v) is 4.53. The number of piperidine rings is 1. The van der Waals surface area contributed by atoms with E-state index < -0.39 is 6.10 Å². The maximum Gasteiger partial charge on any atom is 0.223 e. The summed E-state index contributed by atoms with van der Waals surface area (Å²) in [6.07, 6.45) is 0.809. The van der Waals surface area contributed by atoms with Crippen molar-refractivity contribution in [2.75, 3.05) is 13.1 Å². The summed E-state index contributed by atoms with van der Waals surface area (Å²) in [6.45, 7) is 6.93. The molecule has 1 fully saturated rings. The van der Waals surface area contributed by atoms with E-state index in [1.165, 1.54) is 0 Å². The van der Waals surface area contributed by atoms with Crippen molar-refractivity contribution in [1.29, 1.82) is 0 Å². The minimum absolute atomic E-state index is 0.0143. The number of hydrogen-bond donors (Lipinski definition) is 1. The van der Waals surface area contributed by atoms with Gasteiger partial charge in [-0.3, -0.25) is 9.59 Å². The summed E-state index contributed by atoms with van der Waals surface area (Å²) in [5.74, 6) is 0.214. The zero-order chi connectivity index (χ0) is 16.3. The van der Waals surface area contributed by atoms with Crippen LogP contribution in [0.5, 0.6) is 0 Å². The van der Waals surface area contributed by atoms with Gasteiger partial charge in [0, 0.05) is 31.5 Å². The van der Waals surface area contributed by atoms with Crippen LogP contribution in [0.25, 0.3) is 0 Å². The summed E-state index contributed by atoms with van der Waals surface area (Å²) in [6, 6.07) is 5.80. The molecule has 0 bridgehead atoms. The number of aliphatic hydroxyl groups is 1. The van der Waals surface area contributed by atoms with E-state index in [4.69, 9.17) is 0 Å². The topological polar surface area (TPSA) is 57.6 Å². The second-order valence-electron chi connectivity index (χ2n) is 6.41. The van der Waals surface area contributed by atoms with Gasteiger partial charge in [0.05, 0.1) is 6.10 Å². The molecule has 1 heterocycles. The molecule has 1 aromatic carbocycles. The van der Waals surface area contributed by atoms with Gasteiger partial charge in [0.25, 0.3) is 0 Å². The van der Waals surface area contributed by atoms with Crippen molar-refractivity contribution in [2.24, 2.45) is 5.92 Å². The molecule has 1 aliphatic rings. The highest BCUT2D eigenvalue weighted by molar-refractivity contribution is 5.99. The minimum atomic E-state index is -0.451. The van der Waals surface area contributed by atoms with Crippen molar-refractivity contribution in [3.63, 3.8) is 0 Å². The molecule has 0 spiro atoms. The van der Waals surface area contributed by atoms with Crippen molar-refractivity contribution in [3.8, 4) is 0 Å². The van der Waals surface area contributed by atoms with Crippen LogP contribution in [0.1, 0.15) is 47.7 Å². The lowest BCUT2D eigenvalue weighted by Gasteiger charge is -2.34. The van der Waals surface area contributed by atoms with Gasteiger partial charge in [-0.15, -0.1) is 0 Å². The van der Waals surface area contributed by atoms with Gasteiger partial charge in [-0.2, -0.15) is 0 Å². The van der Waals surface area contributed by atoms with E-state index in [9.17, 15) is 14.7 Å². The number of ketones is 1. The molecule has 2 unspecified atom stereocenters. The first-order valence-electron chi connectivity index (χ1n) is 7.94. The van der Waals surface area contributed by atoms with Crippen molar-refractivity contribution < 1.29 is 14.7 Å². The van der Waals surface area contributed by atoms with Gasteiger partial charge in [-0.25, -0.2) is 0 Å². The van der Waals surface area contributed by atoms with Gasteiger partial charge in [0.1, 0.15) is 0 Å². The SMILES string of the molecule is Cc1ccc(C)c(C(=O)CCC(=O)N2CCC(C)C(O)C2)c1. The summed E-state index contributed by atoms with van der Waals surface area (Å²) < 4.78 is 0. The van der Waals surface area contributed by atoms with E-state index in [2.05, 4.69) is 0 Å². The number of carbonyl (C=O) groups excluding carboxylic acids is 2. The van der Waals surface area contributed by atoms with Crippen LogP contribution in [-0.4, -0.2) is 40.9 Å². The molecule has 0 aliphatic carbocycles. The Morgan fingerprint density at radius 2 is 2.00 bits per heavy atom. The van der Waals surface area contributed by atoms with E-state index in [1.54, 1.807) is 4.90 Å². The second-order valence-corrected chi connectivity index (χ2v) is 6.41. The van der Waals surface area contributed by atoms with Crippen LogP contribution in [0.3, 0.4) is 0 Å². The molecule has 22 heavy (non-hydrogen) atoms. The molecule has 1 aromatic rings. The first kappa shape index (κ1) is 16.7. The van der Waals surface area contributed by atoms with Crippen LogP contribution in [0, 0.1) is 19.8 Å². The number of hydrogen-bond acceptors (Lipinski definition) is 3. The summed E-state index contributed by atoms with van der Waals surface area (Å²) in [5.41, 5.74) is 2.71. The van der Waals surface area contributed by atoms with Crippen LogP contribution in [-0.2, 0) is 4.79 Å². The lowest BCUT2D eigenvalue weighted by Crippen LogP contribution is -2.45. The number of likely N-dealkylation sites (tertiary alicyclic amines) is 1. The molecule has 1 N–H and O–H groups in total. The molecule has 1 amide bonds. The number of rotatable bonds is 4. The smallest absolute Gasteiger partial charge is 0.223 e. The Balaban J connectivity index is 1.91. The molecule has 1 aliphatic heterocycles. The number of aryl methyl sites for hydroxylation is 2. The average molecular weight is 303 g/mol. The molecule has 120 valence electrons. The van der Waals surface area contributed by atoms with Crippen LogP contribution >= 0.6 is 0 Å². The average Bonchev–Trinajstić information content (AvgIpc) is 2.49. The van der Waals surface area contributed by atoms with Crippen molar-refractivity contribution in [1.82, 2.24) is 4.90 Å². The number of aliphatic hydroxyl groups excluding tert-OH is 1. The number of amides is 1. The second kappa shape index (κ2) is 7.05. The third-order valence-electron chi connectivity index (χ3n) is 4.53. The third kappa shape index (κ3) is 3.95. The van der Waals surface area contributed by atoms with E-state index in [1.807, 2.05) is 39.0 Å². The lowest BCUT2D eigenvalue weighted by atomic mass is 9.95. The standard InChI is InChI=1S/C18H25NO3/c1-12-4-5-13(2)15(10-12)16(20)6-7-18(22)19-9-8-14(3)17(21)11-19/h4-5,10,14,17,21H,6-9,11H2,1-3H3. The number of carbonyl (C=O) groups is 2. The number of benzene rings is 1. The summed E-state index contributed by atoms with van der Waals surface area (Å²) in [4.78, 5) is 26.2. The van der Waals surface area contributed by atoms with Crippen molar-refractivity contribution >= 4 is 11.7 Å². The van der Waals surface area contributed by atoms with Gasteiger partial charge in [0.2, 0.25) is 5.91 Å². The van der Waals surface area contributed by atoms with E-state index in [-0.39, 0.29) is 30.4 Å². The quantitative estimate of drug-likeness (QED) is 0.869. The Morgan fingerprint density at radius 1 is 1.27 bits per heavy atom. The van der Waals surface area contributed by atoms with Crippen LogP contribution < -0.4 is 0 Å². The molecule has 1 saturated heterocycles. The maximum absolute atomic E-state index is 12.3. The minimum Gasteiger partial charge on any atom is -0.391 e. The van der Waals surface area contributed by atoms with Crippen LogP contribution in [0.2, 0.25) is 0 Å². The Hall–Kier alpha value is -1.68. The fourth-order valence-corrected chi connectivity index (χ4v) is 2.82. The number of nitrogens with zero attached hydrogens (tertiary/aromatic N) is 1. The predicted octanol–water partition coefficient (Wildman–Crippen LogP) is 2.50. The monoisotopic (exact) mass is 303 g/mol. The lowest BCUT2D eigenvalue weighted by molar-refractivity contribution is -0.135. The first-order valence-corrected chi connectivity index (χ1v) is 7.94. The number of β-amino-alcohol motifs (C(OH)–C–C–N with tert-alkyl or cyclic N) is 1. The van der Waals surface area contributed by atoms with Gasteiger partial charge in [-0.1, -0.05) is 24.6 Å². The fraction of sp³-hybridized carbons (Fsp3) is 0.556. The molecule has 0 radical (unpaired) electrons. The van der Waals surface area contributed by atoms with Crippen LogP contribution in [0.15, 0.2) is 18.2 Å². The molecular formula is C18H25NO3. The molecule has 2 rings (SSSR count). The molecule has 4 nitrogen and oxygen atoms in total. The Kier molecular flexibility index (Phi) is 5.35. The number of Topliss-reactive ketones (excluding diaryl/α,β-unsaturated/α-hetero) is 1. The van der Waals surface area contributed by atoms with Gasteiger partial charge >= 0.3 is 0 Å². The van der Waals surface area contributed by atoms with Crippen molar-refractivity contribution in [2.45, 2.75) is 46.1 Å². The van der Waals surface area contributed by atoms with Crippen molar-refractivity contribution in [3.05, 3.63) is 34.9 Å². The Morgan fingerprint density at radius 3 is 2.68 bits per heavy atom. The van der Waals surface area contributed by atoms with E-state index in [0.717, 1.165) is 17.5 Å². The van der Waals surface area contributed by atoms with E-state index in [0.29, 0.717) is 18.7 Å². The van der Waals surface area contributed by atoms with Gasteiger partial charge in [0.15, 0.2) is 5.78 Å².